The molecule has 0 bridgehead atoms. The van der Waals surface area contributed by atoms with Crippen LogP contribution < -0.4 is 27.6 Å². The summed E-state index contributed by atoms with van der Waals surface area (Å²) in [5.41, 5.74) is 7.17. The van der Waals surface area contributed by atoms with Crippen molar-refractivity contribution in [3.63, 3.8) is 0 Å². The summed E-state index contributed by atoms with van der Waals surface area (Å²) in [5, 5.41) is 0. The molecule has 1 aliphatic heterocycles. The van der Waals surface area contributed by atoms with Gasteiger partial charge in [0, 0.05) is 39.8 Å². The topological polar surface area (TPSA) is 143 Å². The quantitative estimate of drug-likeness (QED) is 0.294. The Morgan fingerprint density at radius 1 is 1.16 bits per heavy atom. The molecule has 12 heteroatoms. The molecular formula is C26H31N7O5. The van der Waals surface area contributed by atoms with Gasteiger partial charge in [-0.3, -0.25) is 23.3 Å². The fourth-order valence-electron chi connectivity index (χ4n) is 4.98. The molecule has 38 heavy (non-hydrogen) atoms. The van der Waals surface area contributed by atoms with E-state index in [0.717, 1.165) is 29.5 Å². The van der Waals surface area contributed by atoms with E-state index in [-0.39, 0.29) is 28.4 Å². The summed E-state index contributed by atoms with van der Waals surface area (Å²) < 4.78 is 10.6. The van der Waals surface area contributed by atoms with E-state index in [1.807, 2.05) is 24.8 Å². The third-order valence-corrected chi connectivity index (χ3v) is 7.06. The number of aromatic nitrogens is 5. The van der Waals surface area contributed by atoms with Crippen molar-refractivity contribution in [2.24, 2.45) is 19.8 Å². The van der Waals surface area contributed by atoms with Gasteiger partial charge in [0.1, 0.15) is 0 Å². The van der Waals surface area contributed by atoms with Crippen LogP contribution in [-0.4, -0.2) is 48.2 Å². The van der Waals surface area contributed by atoms with E-state index in [0.29, 0.717) is 24.6 Å². The number of anilines is 1. The number of aryl methyl sites for hydroxylation is 2. The van der Waals surface area contributed by atoms with E-state index in [1.54, 1.807) is 16.7 Å². The average Bonchev–Trinajstić information content (AvgIpc) is 3.41. The first-order chi connectivity index (χ1) is 18.1. The maximum absolute atomic E-state index is 13.8. The summed E-state index contributed by atoms with van der Waals surface area (Å²) in [5.74, 6) is -0.566. The number of hydrogen-bond donors (Lipinski definition) is 1. The highest BCUT2D eigenvalue weighted by molar-refractivity contribution is 6.05. The zero-order chi connectivity index (χ0) is 27.3. The molecule has 0 radical (unpaired) electrons. The van der Waals surface area contributed by atoms with Gasteiger partial charge in [-0.15, -0.1) is 0 Å². The Hall–Kier alpha value is -4.19. The normalized spacial score (nSPS) is 15.9. The minimum atomic E-state index is -0.661. The van der Waals surface area contributed by atoms with Crippen LogP contribution in [-0.2, 0) is 27.2 Å². The molecule has 3 aromatic heterocycles. The van der Waals surface area contributed by atoms with E-state index in [2.05, 4.69) is 0 Å². The fourth-order valence-corrected chi connectivity index (χ4v) is 4.98. The van der Waals surface area contributed by atoms with Gasteiger partial charge >= 0.3 is 11.4 Å². The van der Waals surface area contributed by atoms with Crippen molar-refractivity contribution in [1.82, 2.24) is 23.3 Å². The van der Waals surface area contributed by atoms with E-state index < -0.39 is 29.3 Å². The van der Waals surface area contributed by atoms with Gasteiger partial charge in [0.25, 0.3) is 5.56 Å². The second kappa shape index (κ2) is 9.60. The largest absolute Gasteiger partial charge is 0.419 e. The maximum Gasteiger partial charge on any atom is 0.419 e. The van der Waals surface area contributed by atoms with Gasteiger partial charge in [-0.25, -0.2) is 9.59 Å². The van der Waals surface area contributed by atoms with Crippen LogP contribution >= 0.6 is 0 Å². The molecule has 1 aromatic carbocycles. The molecule has 2 N–H and O–H groups in total. The van der Waals surface area contributed by atoms with Crippen LogP contribution in [0.3, 0.4) is 0 Å². The molecule has 1 unspecified atom stereocenters. The molecule has 4 heterocycles. The van der Waals surface area contributed by atoms with Crippen molar-refractivity contribution in [2.75, 3.05) is 18.0 Å². The molecular weight excluding hydrogens is 490 g/mol. The Labute approximate surface area is 217 Å². The number of carbonyl (C=O) groups is 1. The summed E-state index contributed by atoms with van der Waals surface area (Å²) in [6.07, 6.45) is 3.78. The number of nitrogens with zero attached hydrogens (tertiary/aromatic N) is 6. The Balaban J connectivity index is 1.66. The van der Waals surface area contributed by atoms with Gasteiger partial charge in [-0.05, 0) is 38.8 Å². The third kappa shape index (κ3) is 4.20. The number of para-hydroxylation sites is 1. The highest BCUT2D eigenvalue weighted by Crippen LogP contribution is 2.23. The minimum Gasteiger partial charge on any atom is -0.407 e. The first-order valence-corrected chi connectivity index (χ1v) is 12.5. The van der Waals surface area contributed by atoms with Crippen LogP contribution in [0.4, 0.5) is 5.95 Å². The number of imidazole rings is 1. The summed E-state index contributed by atoms with van der Waals surface area (Å²) in [7, 11) is 3.07. The van der Waals surface area contributed by atoms with Gasteiger partial charge in [0.15, 0.2) is 22.5 Å². The number of benzene rings is 1. The van der Waals surface area contributed by atoms with Crippen LogP contribution in [0.5, 0.6) is 0 Å². The van der Waals surface area contributed by atoms with Gasteiger partial charge in [0.05, 0.1) is 17.6 Å². The molecule has 12 nitrogen and oxygen atoms in total. The zero-order valence-electron chi connectivity index (χ0n) is 21.9. The van der Waals surface area contributed by atoms with Crippen molar-refractivity contribution in [3.8, 4) is 0 Å². The van der Waals surface area contributed by atoms with Gasteiger partial charge in [-0.1, -0.05) is 17.7 Å². The first-order valence-electron chi connectivity index (χ1n) is 12.5. The average molecular weight is 522 g/mol. The molecule has 0 spiro atoms. The Bertz CT molecular complexity index is 1780. The number of nitrogens with two attached hydrogens (primary N) is 1. The maximum atomic E-state index is 13.8. The molecule has 0 aliphatic carbocycles. The number of fused-ring (bicyclic) bond motifs is 2. The van der Waals surface area contributed by atoms with Gasteiger partial charge < -0.3 is 19.6 Å². The van der Waals surface area contributed by atoms with Crippen molar-refractivity contribution >= 4 is 34.0 Å². The van der Waals surface area contributed by atoms with Crippen molar-refractivity contribution < 1.29 is 9.21 Å². The summed E-state index contributed by atoms with van der Waals surface area (Å²) in [4.78, 5) is 59.3. The fraction of sp³-hybridized carbons (Fsp3) is 0.423. The molecule has 200 valence electrons. The van der Waals surface area contributed by atoms with Crippen LogP contribution in [0.2, 0.25) is 0 Å². The number of carbonyl (C=O) groups excluding carboxylic acids is 1. The van der Waals surface area contributed by atoms with Crippen molar-refractivity contribution in [2.45, 2.75) is 45.8 Å². The lowest BCUT2D eigenvalue weighted by Crippen LogP contribution is -2.44. The molecule has 0 saturated carbocycles. The number of oxazole rings is 1. The van der Waals surface area contributed by atoms with E-state index in [9.17, 15) is 19.2 Å². The monoisotopic (exact) mass is 521 g/mol. The lowest BCUT2D eigenvalue weighted by atomic mass is 10.1. The van der Waals surface area contributed by atoms with Crippen LogP contribution in [0.15, 0.2) is 48.6 Å². The summed E-state index contributed by atoms with van der Waals surface area (Å²) >= 11 is 0. The highest BCUT2D eigenvalue weighted by Gasteiger charge is 2.27. The minimum absolute atomic E-state index is 0.0145. The van der Waals surface area contributed by atoms with Crippen LogP contribution in [0.25, 0.3) is 22.3 Å². The predicted molar refractivity (Wildman–Crippen MR) is 144 cm³/mol. The van der Waals surface area contributed by atoms with Crippen molar-refractivity contribution in [3.05, 3.63) is 66.8 Å². The lowest BCUT2D eigenvalue weighted by Gasteiger charge is -2.31. The molecule has 1 atom stereocenters. The Kier molecular flexibility index (Phi) is 6.43. The SMILES string of the molecule is CC(C)=CCn1c(N2CCCC(N)C2)nc2c1c(=O)n(CC(=O)c1cccc3c1oc(=O)n3C)c(=O)n2C. The number of hydrogen-bond acceptors (Lipinski definition) is 8. The molecule has 1 fully saturated rings. The van der Waals surface area contributed by atoms with Crippen molar-refractivity contribution in [1.29, 1.82) is 0 Å². The highest BCUT2D eigenvalue weighted by atomic mass is 16.4. The standard InChI is InChI=1S/C26H31N7O5/c1-15(2)10-12-32-20-22(28-24(32)31-11-6-7-16(27)13-31)30(4)25(36)33(23(20)35)14-19(34)17-8-5-9-18-21(17)38-26(37)29(18)3/h5,8-10,16H,6-7,11-14,27H2,1-4H3. The molecule has 1 aliphatic rings. The van der Waals surface area contributed by atoms with Crippen LogP contribution in [0, 0.1) is 0 Å². The number of Topliss-reactive ketones (excluding diaryl/α,β-unsaturated/α-hetero) is 1. The second-order valence-electron chi connectivity index (χ2n) is 10.1. The molecule has 4 aromatic rings. The smallest absolute Gasteiger partial charge is 0.407 e. The number of allylic oxidation sites excluding steroid dienone is 2. The molecule has 5 rings (SSSR count). The summed E-state index contributed by atoms with van der Waals surface area (Å²) in [6, 6.07) is 4.78. The van der Waals surface area contributed by atoms with E-state index >= 15 is 0 Å². The molecule has 0 amide bonds. The lowest BCUT2D eigenvalue weighted by molar-refractivity contribution is 0.0969. The van der Waals surface area contributed by atoms with Gasteiger partial charge in [-0.2, -0.15) is 4.98 Å². The third-order valence-electron chi connectivity index (χ3n) is 7.06. The predicted octanol–water partition coefficient (Wildman–Crippen LogP) is 1.12. The van der Waals surface area contributed by atoms with E-state index in [4.69, 9.17) is 15.1 Å². The Morgan fingerprint density at radius 2 is 1.92 bits per heavy atom. The van der Waals surface area contributed by atoms with E-state index in [1.165, 1.54) is 29.3 Å². The number of piperidine rings is 1. The zero-order valence-corrected chi connectivity index (χ0v) is 21.9. The Morgan fingerprint density at radius 3 is 2.63 bits per heavy atom. The number of ketones is 1. The summed E-state index contributed by atoms with van der Waals surface area (Å²) in [6.45, 7) is 5.10. The first kappa shape index (κ1) is 25.5. The molecule has 1 saturated heterocycles. The second-order valence-corrected chi connectivity index (χ2v) is 10.1. The van der Waals surface area contributed by atoms with Gasteiger partial charge in [0.2, 0.25) is 5.95 Å². The number of rotatable bonds is 6. The van der Waals surface area contributed by atoms with Crippen LogP contribution in [0.1, 0.15) is 37.0 Å².